The van der Waals surface area contributed by atoms with Gasteiger partial charge in [-0.25, -0.2) is 0 Å². The van der Waals surface area contributed by atoms with Gasteiger partial charge in [0.2, 0.25) is 5.91 Å². The minimum absolute atomic E-state index is 0.00634. The standard InChI is InChI=1S/C11H16N2O2/c12-6-10(8-3-4-8)13-11(14)9-2-1-5-15-7-9/h8-10H,1-5,7H2,(H,13,14). The first-order chi connectivity index (χ1) is 7.31. The highest BCUT2D eigenvalue weighted by Crippen LogP contribution is 2.32. The minimum atomic E-state index is -0.278. The van der Waals surface area contributed by atoms with Crippen LogP contribution in [-0.2, 0) is 9.53 Å². The van der Waals surface area contributed by atoms with Crippen molar-refractivity contribution in [3.05, 3.63) is 0 Å². The van der Waals surface area contributed by atoms with E-state index in [1.54, 1.807) is 0 Å². The molecule has 1 heterocycles. The number of ether oxygens (including phenoxy) is 1. The molecule has 4 heteroatoms. The third-order valence-corrected chi connectivity index (χ3v) is 3.06. The fourth-order valence-corrected chi connectivity index (χ4v) is 1.90. The third-order valence-electron chi connectivity index (χ3n) is 3.06. The molecule has 15 heavy (non-hydrogen) atoms. The van der Waals surface area contributed by atoms with Crippen molar-refractivity contribution in [2.75, 3.05) is 13.2 Å². The van der Waals surface area contributed by atoms with Gasteiger partial charge in [0.15, 0.2) is 0 Å². The van der Waals surface area contributed by atoms with Gasteiger partial charge in [-0.15, -0.1) is 0 Å². The summed E-state index contributed by atoms with van der Waals surface area (Å²) < 4.78 is 5.25. The first-order valence-electron chi connectivity index (χ1n) is 5.59. The smallest absolute Gasteiger partial charge is 0.226 e. The molecule has 2 unspecified atom stereocenters. The molecule has 2 rings (SSSR count). The fraction of sp³-hybridized carbons (Fsp3) is 0.818. The van der Waals surface area contributed by atoms with E-state index in [4.69, 9.17) is 10.00 Å². The van der Waals surface area contributed by atoms with Crippen LogP contribution in [0.1, 0.15) is 25.7 Å². The zero-order valence-electron chi connectivity index (χ0n) is 8.74. The normalized spacial score (nSPS) is 27.8. The topological polar surface area (TPSA) is 62.1 Å². The first-order valence-corrected chi connectivity index (χ1v) is 5.59. The van der Waals surface area contributed by atoms with Crippen molar-refractivity contribution in [2.45, 2.75) is 31.7 Å². The zero-order valence-corrected chi connectivity index (χ0v) is 8.74. The molecule has 0 aromatic carbocycles. The summed E-state index contributed by atoms with van der Waals surface area (Å²) in [7, 11) is 0. The molecule has 0 spiro atoms. The second-order valence-corrected chi connectivity index (χ2v) is 4.37. The molecule has 1 amide bonds. The first kappa shape index (κ1) is 10.4. The van der Waals surface area contributed by atoms with E-state index in [2.05, 4.69) is 11.4 Å². The number of nitrogens with zero attached hydrogens (tertiary/aromatic N) is 1. The van der Waals surface area contributed by atoms with Gasteiger partial charge < -0.3 is 10.1 Å². The lowest BCUT2D eigenvalue weighted by Crippen LogP contribution is -2.41. The van der Waals surface area contributed by atoms with Gasteiger partial charge in [0, 0.05) is 6.61 Å². The van der Waals surface area contributed by atoms with Crippen LogP contribution in [0.2, 0.25) is 0 Å². The maximum atomic E-state index is 11.8. The number of nitriles is 1. The molecule has 2 fully saturated rings. The molecule has 1 saturated carbocycles. The lowest BCUT2D eigenvalue weighted by molar-refractivity contribution is -0.129. The SMILES string of the molecule is N#CC(NC(=O)C1CCCOC1)C1CC1. The molecular formula is C11H16N2O2. The van der Waals surface area contributed by atoms with Crippen LogP contribution in [0.5, 0.6) is 0 Å². The van der Waals surface area contributed by atoms with Crippen molar-refractivity contribution in [3.63, 3.8) is 0 Å². The van der Waals surface area contributed by atoms with Crippen LogP contribution in [0.3, 0.4) is 0 Å². The van der Waals surface area contributed by atoms with Gasteiger partial charge in [0.1, 0.15) is 6.04 Å². The second kappa shape index (κ2) is 4.63. The van der Waals surface area contributed by atoms with Crippen LogP contribution in [0, 0.1) is 23.2 Å². The number of hydrogen-bond acceptors (Lipinski definition) is 3. The molecule has 0 aromatic heterocycles. The Morgan fingerprint density at radius 3 is 2.80 bits per heavy atom. The molecule has 1 N–H and O–H groups in total. The quantitative estimate of drug-likeness (QED) is 0.747. The Kier molecular flexibility index (Phi) is 3.22. The van der Waals surface area contributed by atoms with Crippen LogP contribution < -0.4 is 5.32 Å². The summed E-state index contributed by atoms with van der Waals surface area (Å²) in [6.07, 6.45) is 3.97. The van der Waals surface area contributed by atoms with Gasteiger partial charge in [-0.1, -0.05) is 0 Å². The van der Waals surface area contributed by atoms with Gasteiger partial charge in [-0.2, -0.15) is 5.26 Å². The van der Waals surface area contributed by atoms with Gasteiger partial charge in [0.25, 0.3) is 0 Å². The third kappa shape index (κ3) is 2.69. The maximum Gasteiger partial charge on any atom is 0.226 e. The summed E-state index contributed by atoms with van der Waals surface area (Å²) >= 11 is 0. The number of carbonyl (C=O) groups excluding carboxylic acids is 1. The van der Waals surface area contributed by atoms with E-state index in [1.165, 1.54) is 0 Å². The highest BCUT2D eigenvalue weighted by molar-refractivity contribution is 5.79. The van der Waals surface area contributed by atoms with Crippen molar-refractivity contribution >= 4 is 5.91 Å². The molecule has 2 aliphatic rings. The summed E-state index contributed by atoms with van der Waals surface area (Å²) in [5.74, 6) is 0.338. The van der Waals surface area contributed by atoms with Crippen molar-refractivity contribution in [1.82, 2.24) is 5.32 Å². The number of rotatable bonds is 3. The Morgan fingerprint density at radius 1 is 1.47 bits per heavy atom. The average molecular weight is 208 g/mol. The largest absolute Gasteiger partial charge is 0.381 e. The van der Waals surface area contributed by atoms with E-state index in [0.29, 0.717) is 12.5 Å². The van der Waals surface area contributed by atoms with E-state index in [9.17, 15) is 4.79 Å². The van der Waals surface area contributed by atoms with Crippen LogP contribution in [-0.4, -0.2) is 25.2 Å². The number of nitrogens with one attached hydrogen (secondary N) is 1. The maximum absolute atomic E-state index is 11.8. The molecule has 2 atom stereocenters. The second-order valence-electron chi connectivity index (χ2n) is 4.37. The highest BCUT2D eigenvalue weighted by Gasteiger charge is 2.34. The molecule has 0 bridgehead atoms. The summed E-state index contributed by atoms with van der Waals surface area (Å²) in [5.41, 5.74) is 0. The Balaban J connectivity index is 1.82. The summed E-state index contributed by atoms with van der Waals surface area (Å²) in [6.45, 7) is 1.27. The number of hydrogen-bond donors (Lipinski definition) is 1. The van der Waals surface area contributed by atoms with E-state index >= 15 is 0 Å². The minimum Gasteiger partial charge on any atom is -0.381 e. The van der Waals surface area contributed by atoms with Crippen molar-refractivity contribution in [3.8, 4) is 6.07 Å². The highest BCUT2D eigenvalue weighted by atomic mass is 16.5. The Hall–Kier alpha value is -1.08. The van der Waals surface area contributed by atoms with Gasteiger partial charge in [-0.3, -0.25) is 4.79 Å². The van der Waals surface area contributed by atoms with Crippen molar-refractivity contribution < 1.29 is 9.53 Å². The van der Waals surface area contributed by atoms with Crippen LogP contribution in [0.25, 0.3) is 0 Å². The summed E-state index contributed by atoms with van der Waals surface area (Å²) in [5, 5.41) is 11.7. The van der Waals surface area contributed by atoms with Crippen LogP contribution in [0.15, 0.2) is 0 Å². The summed E-state index contributed by atoms with van der Waals surface area (Å²) in [6, 6.07) is 1.88. The molecule has 1 aliphatic carbocycles. The van der Waals surface area contributed by atoms with Crippen LogP contribution in [0.4, 0.5) is 0 Å². The Bertz CT molecular complexity index is 275. The molecule has 4 nitrogen and oxygen atoms in total. The van der Waals surface area contributed by atoms with Crippen molar-refractivity contribution in [2.24, 2.45) is 11.8 Å². The van der Waals surface area contributed by atoms with E-state index in [1.807, 2.05) is 0 Å². The molecule has 0 radical (unpaired) electrons. The Labute approximate surface area is 89.6 Å². The van der Waals surface area contributed by atoms with Gasteiger partial charge in [-0.05, 0) is 31.6 Å². The Morgan fingerprint density at radius 2 is 2.27 bits per heavy atom. The van der Waals surface area contributed by atoms with Crippen LogP contribution >= 0.6 is 0 Å². The predicted octanol–water partition coefficient (Wildman–Crippen LogP) is 0.831. The molecule has 1 aliphatic heterocycles. The fourth-order valence-electron chi connectivity index (χ4n) is 1.90. The predicted molar refractivity (Wildman–Crippen MR) is 53.8 cm³/mol. The molecule has 82 valence electrons. The average Bonchev–Trinajstić information content (AvgIpc) is 3.10. The van der Waals surface area contributed by atoms with Gasteiger partial charge >= 0.3 is 0 Å². The van der Waals surface area contributed by atoms with E-state index < -0.39 is 0 Å². The number of carbonyl (C=O) groups is 1. The monoisotopic (exact) mass is 208 g/mol. The lowest BCUT2D eigenvalue weighted by Gasteiger charge is -2.22. The molecular weight excluding hydrogens is 192 g/mol. The summed E-state index contributed by atoms with van der Waals surface area (Å²) in [4.78, 5) is 11.8. The van der Waals surface area contributed by atoms with E-state index in [0.717, 1.165) is 32.3 Å². The van der Waals surface area contributed by atoms with E-state index in [-0.39, 0.29) is 17.9 Å². The zero-order chi connectivity index (χ0) is 10.7. The van der Waals surface area contributed by atoms with Crippen molar-refractivity contribution in [1.29, 1.82) is 5.26 Å². The molecule has 1 saturated heterocycles. The van der Waals surface area contributed by atoms with Gasteiger partial charge in [0.05, 0.1) is 18.6 Å². The molecule has 0 aromatic rings. The lowest BCUT2D eigenvalue weighted by atomic mass is 10.0. The number of amides is 1.